The third kappa shape index (κ3) is 15.8. The van der Waals surface area contributed by atoms with E-state index >= 15 is 0 Å². The van der Waals surface area contributed by atoms with Crippen LogP contribution in [0.15, 0.2) is 54.6 Å². The fourth-order valence-electron chi connectivity index (χ4n) is 8.62. The zero-order chi connectivity index (χ0) is 48.9. The summed E-state index contributed by atoms with van der Waals surface area (Å²) >= 11 is 0. The van der Waals surface area contributed by atoms with Crippen molar-refractivity contribution in [3.05, 3.63) is 82.4 Å². The first-order chi connectivity index (χ1) is 32.3. The Hall–Kier alpha value is -5.95. The van der Waals surface area contributed by atoms with Gasteiger partial charge in [-0.1, -0.05) is 76.3 Å². The SMILES string of the molecule is CCCCCCCCc1ccc(C(=O)C[C@@H](CCN)C(=O)N(C)[C@@H]2C(=O)C[C@@H](C)C(=O)N[C@H](C(=O)CCC#N)Cc3ccc(OCCN)c(c3)-c3cc2ccc3OCCN)c(CCC(N)=O)c1. The van der Waals surface area contributed by atoms with Gasteiger partial charge in [0.1, 0.15) is 30.8 Å². The maximum Gasteiger partial charge on any atom is 0.226 e. The second-order valence-corrected chi connectivity index (χ2v) is 17.6. The van der Waals surface area contributed by atoms with Gasteiger partial charge in [0.15, 0.2) is 17.3 Å². The minimum Gasteiger partial charge on any atom is -0.492 e. The van der Waals surface area contributed by atoms with Crippen LogP contribution in [0.4, 0.5) is 0 Å². The van der Waals surface area contributed by atoms with Gasteiger partial charge in [0.25, 0.3) is 0 Å². The zero-order valence-electron chi connectivity index (χ0n) is 39.6. The number of aryl methyl sites for hydroxylation is 2. The first-order valence-electron chi connectivity index (χ1n) is 23.8. The summed E-state index contributed by atoms with van der Waals surface area (Å²) in [6, 6.07) is 15.9. The van der Waals surface area contributed by atoms with Crippen LogP contribution in [-0.2, 0) is 43.2 Å². The van der Waals surface area contributed by atoms with Crippen LogP contribution in [0.1, 0.15) is 130 Å². The Morgan fingerprint density at radius 1 is 0.836 bits per heavy atom. The fraction of sp³-hybridized carbons (Fsp3) is 0.519. The quantitative estimate of drug-likeness (QED) is 0.0487. The molecule has 4 bridgehead atoms. The largest absolute Gasteiger partial charge is 0.492 e. The van der Waals surface area contributed by atoms with Crippen molar-refractivity contribution in [3.8, 4) is 28.7 Å². The van der Waals surface area contributed by atoms with E-state index in [-0.39, 0.29) is 95.8 Å². The summed E-state index contributed by atoms with van der Waals surface area (Å²) < 4.78 is 12.3. The average molecular weight is 922 g/mol. The Balaban J connectivity index is 1.79. The molecule has 0 saturated carbocycles. The Morgan fingerprint density at radius 2 is 1.51 bits per heavy atom. The predicted molar refractivity (Wildman–Crippen MR) is 258 cm³/mol. The molecule has 3 aromatic rings. The van der Waals surface area contributed by atoms with Gasteiger partial charge in [-0.2, -0.15) is 5.26 Å². The molecule has 3 aromatic carbocycles. The van der Waals surface area contributed by atoms with Gasteiger partial charge in [-0.15, -0.1) is 0 Å². The predicted octanol–water partition coefficient (Wildman–Crippen LogP) is 5.60. The van der Waals surface area contributed by atoms with Gasteiger partial charge in [0, 0.05) is 80.8 Å². The molecule has 9 N–H and O–H groups in total. The lowest BCUT2D eigenvalue weighted by atomic mass is 9.87. The Labute approximate surface area is 395 Å². The van der Waals surface area contributed by atoms with Gasteiger partial charge in [-0.3, -0.25) is 28.8 Å². The molecule has 1 heterocycles. The van der Waals surface area contributed by atoms with E-state index in [1.54, 1.807) is 43.3 Å². The van der Waals surface area contributed by atoms with Crippen molar-refractivity contribution in [1.82, 2.24) is 10.2 Å². The van der Waals surface area contributed by atoms with Crippen LogP contribution in [0.3, 0.4) is 0 Å². The van der Waals surface area contributed by atoms with Crippen LogP contribution in [-0.4, -0.2) is 85.9 Å². The molecule has 0 fully saturated rings. The molecule has 15 nitrogen and oxygen atoms in total. The summed E-state index contributed by atoms with van der Waals surface area (Å²) in [6.07, 6.45) is 7.57. The fourth-order valence-corrected chi connectivity index (χ4v) is 8.62. The molecule has 1 aliphatic rings. The number of rotatable bonds is 26. The molecule has 4 atom stereocenters. The number of hydrogen-bond donors (Lipinski definition) is 5. The van der Waals surface area contributed by atoms with Gasteiger partial charge >= 0.3 is 0 Å². The number of nitrogens with zero attached hydrogens (tertiary/aromatic N) is 2. The lowest BCUT2D eigenvalue weighted by Crippen LogP contribution is -2.46. The van der Waals surface area contributed by atoms with Crippen molar-refractivity contribution < 1.29 is 38.2 Å². The van der Waals surface area contributed by atoms with Crippen LogP contribution in [0.2, 0.25) is 0 Å². The summed E-state index contributed by atoms with van der Waals surface area (Å²) in [5.41, 5.74) is 27.6. The number of carbonyl (C=O) groups is 6. The second-order valence-electron chi connectivity index (χ2n) is 17.6. The lowest BCUT2D eigenvalue weighted by molar-refractivity contribution is -0.142. The summed E-state index contributed by atoms with van der Waals surface area (Å²) in [4.78, 5) is 84.5. The molecule has 0 spiro atoms. The van der Waals surface area contributed by atoms with Gasteiger partial charge in [0.05, 0.1) is 12.1 Å². The number of nitriles is 1. The molecule has 0 radical (unpaired) electrons. The van der Waals surface area contributed by atoms with E-state index in [0.717, 1.165) is 31.2 Å². The number of fused-ring (bicyclic) bond motifs is 5. The number of hydrogen-bond acceptors (Lipinski definition) is 12. The highest BCUT2D eigenvalue weighted by Gasteiger charge is 2.36. The van der Waals surface area contributed by atoms with Crippen LogP contribution in [0.5, 0.6) is 11.5 Å². The van der Waals surface area contributed by atoms with E-state index in [2.05, 4.69) is 12.2 Å². The minimum absolute atomic E-state index is 0.0359. The number of likely N-dealkylation sites (N-methyl/N-ethyl adjacent to an activating group) is 1. The smallest absolute Gasteiger partial charge is 0.226 e. The van der Waals surface area contributed by atoms with Crippen molar-refractivity contribution in [2.45, 2.75) is 122 Å². The van der Waals surface area contributed by atoms with E-state index in [4.69, 9.17) is 32.4 Å². The van der Waals surface area contributed by atoms with Gasteiger partial charge in [-0.05, 0) is 85.2 Å². The highest BCUT2D eigenvalue weighted by atomic mass is 16.5. The molecule has 15 heteroatoms. The van der Waals surface area contributed by atoms with Gasteiger partial charge in [0.2, 0.25) is 17.7 Å². The lowest BCUT2D eigenvalue weighted by Gasteiger charge is -2.32. The molecule has 362 valence electrons. The van der Waals surface area contributed by atoms with E-state index in [9.17, 15) is 34.0 Å². The number of unbranched alkanes of at least 4 members (excludes halogenated alkanes) is 5. The number of primary amides is 1. The summed E-state index contributed by atoms with van der Waals surface area (Å²) in [6.45, 7) is 4.59. The monoisotopic (exact) mass is 922 g/mol. The van der Waals surface area contributed by atoms with Crippen molar-refractivity contribution in [2.75, 3.05) is 39.9 Å². The molecule has 67 heavy (non-hydrogen) atoms. The standard InChI is InChI=1S/C52H71N7O8/c1-4-5-6-7-8-9-11-35-13-17-40(37(29-35)16-20-49(57)63)45(61)33-39(21-23-54)52(65)59(3)50-38-15-19-48(67-27-25-56)42(32-38)41-30-36(14-18-47(41)66-26-24-55)31-43(44(60)12-10-22-53)58-51(64)34(2)28-46(50)62/h13-15,17-19,29-30,32,34,39,43,50H,4-12,16,20-21,23-28,31,33,54-56H2,1-3H3,(H2,57,63)(H,58,64)/t34-,39-,43+,50+/m1/s1. The van der Waals surface area contributed by atoms with E-state index < -0.39 is 47.4 Å². The number of nitrogens with two attached hydrogens (primary N) is 4. The molecule has 0 aromatic heterocycles. The summed E-state index contributed by atoms with van der Waals surface area (Å²) in [5, 5.41) is 12.1. The Morgan fingerprint density at radius 3 is 2.16 bits per heavy atom. The number of ketones is 3. The number of benzene rings is 3. The molecule has 0 saturated heterocycles. The van der Waals surface area contributed by atoms with Crippen molar-refractivity contribution in [2.24, 2.45) is 34.8 Å². The number of carbonyl (C=O) groups excluding carboxylic acids is 6. The number of amides is 3. The Kier molecular flexibility index (Phi) is 22.1. The maximum absolute atomic E-state index is 14.8. The number of Topliss-reactive ketones (excluding diaryl/α,β-unsaturated/α-hetero) is 3. The average Bonchev–Trinajstić information content (AvgIpc) is 3.31. The van der Waals surface area contributed by atoms with Crippen LogP contribution < -0.4 is 37.7 Å². The molecular formula is C52H71N7O8. The Bertz CT molecular complexity index is 2220. The van der Waals surface area contributed by atoms with Crippen molar-refractivity contribution in [1.29, 1.82) is 5.26 Å². The first-order valence-corrected chi connectivity index (χ1v) is 23.8. The van der Waals surface area contributed by atoms with E-state index in [1.165, 1.54) is 31.2 Å². The topological polar surface area (TPSA) is 264 Å². The highest BCUT2D eigenvalue weighted by molar-refractivity contribution is 6.01. The zero-order valence-corrected chi connectivity index (χ0v) is 39.6. The maximum atomic E-state index is 14.8. The molecule has 3 amide bonds. The summed E-state index contributed by atoms with van der Waals surface area (Å²) in [5.74, 6) is -3.66. The van der Waals surface area contributed by atoms with Gasteiger partial charge < -0.3 is 42.6 Å². The third-order valence-corrected chi connectivity index (χ3v) is 12.3. The number of nitrogens with one attached hydrogen (secondary N) is 1. The molecule has 0 unspecified atom stereocenters. The van der Waals surface area contributed by atoms with Crippen LogP contribution in [0.25, 0.3) is 11.1 Å². The second kappa shape index (κ2) is 27.6. The normalized spacial score (nSPS) is 16.5. The van der Waals surface area contributed by atoms with Crippen LogP contribution in [0, 0.1) is 23.2 Å². The molecular weight excluding hydrogens is 851 g/mol. The molecule has 4 rings (SSSR count). The third-order valence-electron chi connectivity index (χ3n) is 12.3. The first kappa shape index (κ1) is 53.7. The highest BCUT2D eigenvalue weighted by Crippen LogP contribution is 2.41. The molecule has 1 aliphatic heterocycles. The van der Waals surface area contributed by atoms with Crippen molar-refractivity contribution in [3.63, 3.8) is 0 Å². The van der Waals surface area contributed by atoms with Crippen LogP contribution >= 0.6 is 0 Å². The molecule has 0 aliphatic carbocycles. The van der Waals surface area contributed by atoms with Crippen molar-refractivity contribution >= 4 is 35.1 Å². The van der Waals surface area contributed by atoms with Gasteiger partial charge in [-0.25, -0.2) is 0 Å². The van der Waals surface area contributed by atoms with E-state index in [1.807, 2.05) is 24.3 Å². The minimum atomic E-state index is -1.25. The number of ether oxygens (including phenoxy) is 2. The van der Waals surface area contributed by atoms with E-state index in [0.29, 0.717) is 44.9 Å². The summed E-state index contributed by atoms with van der Waals surface area (Å²) in [7, 11) is 1.50.